The van der Waals surface area contributed by atoms with Crippen LogP contribution in [0.5, 0.6) is 11.5 Å². The molecule has 7 heteroatoms. The number of rotatable bonds is 7. The number of carboxylic acids is 1. The third-order valence-corrected chi connectivity index (χ3v) is 2.99. The van der Waals surface area contributed by atoms with Gasteiger partial charge in [-0.1, -0.05) is 12.1 Å². The summed E-state index contributed by atoms with van der Waals surface area (Å²) in [6, 6.07) is 12.9. The van der Waals surface area contributed by atoms with Crippen LogP contribution in [0, 0.1) is 0 Å². The minimum atomic E-state index is -0.998. The average molecular weight is 328 g/mol. The van der Waals surface area contributed by atoms with E-state index < -0.39 is 11.9 Å². The molecule has 2 rings (SSSR count). The Hall–Kier alpha value is -3.35. The lowest BCUT2D eigenvalue weighted by Gasteiger charge is -2.05. The summed E-state index contributed by atoms with van der Waals surface area (Å²) in [6.45, 7) is -0.179. The number of methoxy groups -OCH3 is 1. The number of nitrogens with one attached hydrogen (secondary N) is 1. The quantitative estimate of drug-likeness (QED) is 0.598. The Morgan fingerprint density at radius 3 is 2.29 bits per heavy atom. The molecule has 0 saturated carbocycles. The first-order valence-electron chi connectivity index (χ1n) is 7.00. The molecule has 0 radical (unpaired) electrons. The number of carbonyl (C=O) groups excluding carboxylic acids is 1. The van der Waals surface area contributed by atoms with E-state index in [0.717, 1.165) is 0 Å². The van der Waals surface area contributed by atoms with Gasteiger partial charge in [0, 0.05) is 0 Å². The van der Waals surface area contributed by atoms with Gasteiger partial charge in [-0.25, -0.2) is 10.2 Å². The summed E-state index contributed by atoms with van der Waals surface area (Å²) >= 11 is 0. The van der Waals surface area contributed by atoms with Crippen LogP contribution in [0.4, 0.5) is 0 Å². The van der Waals surface area contributed by atoms with E-state index in [1.54, 1.807) is 43.5 Å². The predicted molar refractivity (Wildman–Crippen MR) is 87.6 cm³/mol. The minimum Gasteiger partial charge on any atom is -0.497 e. The second kappa shape index (κ2) is 8.33. The molecule has 0 aliphatic carbocycles. The molecule has 0 aromatic heterocycles. The van der Waals surface area contributed by atoms with Crippen molar-refractivity contribution in [1.29, 1.82) is 0 Å². The highest BCUT2D eigenvalue weighted by molar-refractivity contribution is 5.89. The van der Waals surface area contributed by atoms with Crippen molar-refractivity contribution in [3.8, 4) is 11.5 Å². The highest BCUT2D eigenvalue weighted by atomic mass is 16.5. The van der Waals surface area contributed by atoms with Gasteiger partial charge in [-0.3, -0.25) is 4.79 Å². The monoisotopic (exact) mass is 328 g/mol. The fourth-order valence-electron chi connectivity index (χ4n) is 1.74. The summed E-state index contributed by atoms with van der Waals surface area (Å²) in [5, 5.41) is 12.6. The molecule has 2 aromatic carbocycles. The maximum absolute atomic E-state index is 11.6. The van der Waals surface area contributed by atoms with Crippen molar-refractivity contribution in [1.82, 2.24) is 5.43 Å². The van der Waals surface area contributed by atoms with Crippen molar-refractivity contribution in [3.63, 3.8) is 0 Å². The molecule has 0 spiro atoms. The lowest BCUT2D eigenvalue weighted by Crippen LogP contribution is -2.24. The average Bonchev–Trinajstić information content (AvgIpc) is 2.61. The van der Waals surface area contributed by atoms with E-state index >= 15 is 0 Å². The Kier molecular flexibility index (Phi) is 5.90. The molecule has 0 heterocycles. The summed E-state index contributed by atoms with van der Waals surface area (Å²) in [5.41, 5.74) is 3.17. The summed E-state index contributed by atoms with van der Waals surface area (Å²) in [5.74, 6) is -0.170. The van der Waals surface area contributed by atoms with E-state index in [9.17, 15) is 9.59 Å². The fourth-order valence-corrected chi connectivity index (χ4v) is 1.74. The van der Waals surface area contributed by atoms with Crippen LogP contribution in [0.2, 0.25) is 0 Å². The molecule has 0 atom stereocenters. The third kappa shape index (κ3) is 5.13. The number of carbonyl (C=O) groups is 2. The molecule has 0 bridgehead atoms. The fraction of sp³-hybridized carbons (Fsp3) is 0.118. The molecule has 0 unspecified atom stereocenters. The van der Waals surface area contributed by atoms with Gasteiger partial charge in [-0.05, 0) is 42.0 Å². The van der Waals surface area contributed by atoms with E-state index in [-0.39, 0.29) is 12.2 Å². The Balaban J connectivity index is 1.78. The van der Waals surface area contributed by atoms with Crippen molar-refractivity contribution in [2.45, 2.75) is 0 Å². The zero-order chi connectivity index (χ0) is 17.4. The van der Waals surface area contributed by atoms with E-state index in [4.69, 9.17) is 14.6 Å². The van der Waals surface area contributed by atoms with E-state index in [1.807, 2.05) is 0 Å². The number of nitrogens with zero attached hydrogens (tertiary/aromatic N) is 1. The molecule has 2 N–H and O–H groups in total. The molecule has 0 aliphatic heterocycles. The Morgan fingerprint density at radius 1 is 1.08 bits per heavy atom. The van der Waals surface area contributed by atoms with Crippen LogP contribution >= 0.6 is 0 Å². The van der Waals surface area contributed by atoms with Crippen molar-refractivity contribution in [3.05, 3.63) is 59.7 Å². The summed E-state index contributed by atoms with van der Waals surface area (Å²) in [6.07, 6.45) is 1.41. The molecule has 24 heavy (non-hydrogen) atoms. The highest BCUT2D eigenvalue weighted by Gasteiger charge is 2.02. The van der Waals surface area contributed by atoms with E-state index in [0.29, 0.717) is 17.1 Å². The number of hydrogen-bond donors (Lipinski definition) is 2. The lowest BCUT2D eigenvalue weighted by molar-refractivity contribution is -0.123. The predicted octanol–water partition coefficient (Wildman–Crippen LogP) is 1.92. The van der Waals surface area contributed by atoms with Crippen LogP contribution in [-0.2, 0) is 4.79 Å². The summed E-state index contributed by atoms with van der Waals surface area (Å²) in [7, 11) is 1.57. The van der Waals surface area contributed by atoms with Gasteiger partial charge in [-0.2, -0.15) is 5.10 Å². The summed E-state index contributed by atoms with van der Waals surface area (Å²) in [4.78, 5) is 22.3. The molecule has 2 aromatic rings. The van der Waals surface area contributed by atoms with Crippen LogP contribution in [-0.4, -0.2) is 36.9 Å². The second-order valence-electron chi connectivity index (χ2n) is 4.68. The molecule has 0 aliphatic rings. The molecule has 0 fully saturated rings. The van der Waals surface area contributed by atoms with Gasteiger partial charge in [0.2, 0.25) is 0 Å². The minimum absolute atomic E-state index is 0.179. The summed E-state index contributed by atoms with van der Waals surface area (Å²) < 4.78 is 10.3. The van der Waals surface area contributed by atoms with Crippen molar-refractivity contribution < 1.29 is 24.2 Å². The standard InChI is InChI=1S/C17H16N2O5/c1-23-14-6-8-15(9-7-14)24-11-16(20)19-18-10-12-2-4-13(5-3-12)17(21)22/h2-10H,11H2,1H3,(H,19,20)(H,21,22). The number of ether oxygens (including phenoxy) is 2. The molecular formula is C17H16N2O5. The van der Waals surface area contributed by atoms with E-state index in [1.165, 1.54) is 18.3 Å². The molecule has 0 saturated heterocycles. The van der Waals surface area contributed by atoms with Gasteiger partial charge in [0.05, 0.1) is 18.9 Å². The molecule has 1 amide bonds. The van der Waals surface area contributed by atoms with Crippen molar-refractivity contribution in [2.24, 2.45) is 5.10 Å². The van der Waals surface area contributed by atoms with Crippen LogP contribution < -0.4 is 14.9 Å². The smallest absolute Gasteiger partial charge is 0.335 e. The van der Waals surface area contributed by atoms with Crippen LogP contribution in [0.1, 0.15) is 15.9 Å². The van der Waals surface area contributed by atoms with E-state index in [2.05, 4.69) is 10.5 Å². The first kappa shape index (κ1) is 17.0. The molecular weight excluding hydrogens is 312 g/mol. The molecule has 7 nitrogen and oxygen atoms in total. The largest absolute Gasteiger partial charge is 0.497 e. The highest BCUT2D eigenvalue weighted by Crippen LogP contribution is 2.16. The SMILES string of the molecule is COc1ccc(OCC(=O)NN=Cc2ccc(C(=O)O)cc2)cc1. The first-order chi connectivity index (χ1) is 11.6. The van der Waals surface area contributed by atoms with Crippen LogP contribution in [0.15, 0.2) is 53.6 Å². The van der Waals surface area contributed by atoms with Crippen LogP contribution in [0.3, 0.4) is 0 Å². The number of carboxylic acid groups (broad SMARTS) is 1. The van der Waals surface area contributed by atoms with Crippen molar-refractivity contribution in [2.75, 3.05) is 13.7 Å². The van der Waals surface area contributed by atoms with Gasteiger partial charge < -0.3 is 14.6 Å². The first-order valence-corrected chi connectivity index (χ1v) is 7.00. The molecule has 124 valence electrons. The second-order valence-corrected chi connectivity index (χ2v) is 4.68. The lowest BCUT2D eigenvalue weighted by atomic mass is 10.1. The van der Waals surface area contributed by atoms with Gasteiger partial charge in [-0.15, -0.1) is 0 Å². The van der Waals surface area contributed by atoms with Gasteiger partial charge in [0.1, 0.15) is 11.5 Å². The normalized spacial score (nSPS) is 10.4. The maximum atomic E-state index is 11.6. The van der Waals surface area contributed by atoms with Gasteiger partial charge >= 0.3 is 5.97 Å². The topological polar surface area (TPSA) is 97.2 Å². The Bertz CT molecular complexity index is 724. The zero-order valence-electron chi connectivity index (χ0n) is 12.9. The zero-order valence-corrected chi connectivity index (χ0v) is 12.9. The maximum Gasteiger partial charge on any atom is 0.335 e. The van der Waals surface area contributed by atoms with Crippen molar-refractivity contribution >= 4 is 18.1 Å². The Morgan fingerprint density at radius 2 is 1.71 bits per heavy atom. The number of amides is 1. The Labute approximate surface area is 138 Å². The number of aromatic carboxylic acids is 1. The van der Waals surface area contributed by atoms with Gasteiger partial charge in [0.15, 0.2) is 6.61 Å². The number of hydrogen-bond acceptors (Lipinski definition) is 5. The van der Waals surface area contributed by atoms with Gasteiger partial charge in [0.25, 0.3) is 5.91 Å². The third-order valence-electron chi connectivity index (χ3n) is 2.99. The number of hydrazone groups is 1. The number of benzene rings is 2. The van der Waals surface area contributed by atoms with Crippen LogP contribution in [0.25, 0.3) is 0 Å².